The standard InChI is InChI=1S/C14H21N3O2/c1-14(2,15)8-11(17(3)4)9-5-6-12-10(7-9)16-13(18)19-12/h5-7,11H,8,15H2,1-4H3,(H,16,18). The molecule has 0 radical (unpaired) electrons. The van der Waals surface area contributed by atoms with E-state index in [1.807, 2.05) is 46.1 Å². The molecule has 1 unspecified atom stereocenters. The number of rotatable bonds is 4. The largest absolute Gasteiger partial charge is 0.417 e. The number of aromatic amines is 1. The zero-order valence-corrected chi connectivity index (χ0v) is 11.9. The normalized spacial score (nSPS) is 14.2. The predicted octanol–water partition coefficient (Wildman–Crippen LogP) is 1.85. The fraction of sp³-hybridized carbons (Fsp3) is 0.500. The molecule has 2 aromatic rings. The van der Waals surface area contributed by atoms with Crippen LogP contribution in [0.15, 0.2) is 27.4 Å². The number of benzene rings is 1. The van der Waals surface area contributed by atoms with Crippen molar-refractivity contribution in [1.82, 2.24) is 9.88 Å². The maximum atomic E-state index is 11.2. The van der Waals surface area contributed by atoms with Crippen LogP contribution in [0.1, 0.15) is 31.9 Å². The molecule has 0 aliphatic carbocycles. The fourth-order valence-corrected chi connectivity index (χ4v) is 2.27. The lowest BCUT2D eigenvalue weighted by Crippen LogP contribution is -2.37. The molecule has 19 heavy (non-hydrogen) atoms. The highest BCUT2D eigenvalue weighted by molar-refractivity contribution is 5.72. The highest BCUT2D eigenvalue weighted by Crippen LogP contribution is 2.28. The molecule has 0 aliphatic heterocycles. The number of oxazole rings is 1. The van der Waals surface area contributed by atoms with Crippen LogP contribution in [-0.2, 0) is 0 Å². The van der Waals surface area contributed by atoms with Gasteiger partial charge in [-0.1, -0.05) is 6.07 Å². The van der Waals surface area contributed by atoms with Gasteiger partial charge in [0.1, 0.15) is 0 Å². The molecule has 104 valence electrons. The third-order valence-corrected chi connectivity index (χ3v) is 3.17. The van der Waals surface area contributed by atoms with Crippen LogP contribution < -0.4 is 11.5 Å². The van der Waals surface area contributed by atoms with Crippen molar-refractivity contribution >= 4 is 11.1 Å². The molecule has 1 heterocycles. The lowest BCUT2D eigenvalue weighted by atomic mass is 9.91. The summed E-state index contributed by atoms with van der Waals surface area (Å²) in [6.07, 6.45) is 0.827. The highest BCUT2D eigenvalue weighted by Gasteiger charge is 2.22. The quantitative estimate of drug-likeness (QED) is 0.882. The number of aromatic nitrogens is 1. The van der Waals surface area contributed by atoms with Crippen LogP contribution in [-0.4, -0.2) is 29.5 Å². The van der Waals surface area contributed by atoms with Crippen molar-refractivity contribution in [3.8, 4) is 0 Å². The van der Waals surface area contributed by atoms with Gasteiger partial charge in [-0.3, -0.25) is 4.98 Å². The van der Waals surface area contributed by atoms with Crippen LogP contribution in [0.2, 0.25) is 0 Å². The summed E-state index contributed by atoms with van der Waals surface area (Å²) < 4.78 is 5.01. The van der Waals surface area contributed by atoms with E-state index in [9.17, 15) is 4.79 Å². The van der Waals surface area contributed by atoms with E-state index in [1.165, 1.54) is 0 Å². The lowest BCUT2D eigenvalue weighted by molar-refractivity contribution is 0.243. The Bertz CT molecular complexity index is 619. The second-order valence-corrected chi connectivity index (χ2v) is 5.94. The van der Waals surface area contributed by atoms with Crippen LogP contribution in [0.5, 0.6) is 0 Å². The molecule has 0 aliphatic rings. The Labute approximate surface area is 112 Å². The number of hydrogen-bond donors (Lipinski definition) is 2. The van der Waals surface area contributed by atoms with Gasteiger partial charge >= 0.3 is 5.76 Å². The molecule has 3 N–H and O–H groups in total. The lowest BCUT2D eigenvalue weighted by Gasteiger charge is -2.31. The molecule has 5 heteroatoms. The number of hydrogen-bond acceptors (Lipinski definition) is 4. The van der Waals surface area contributed by atoms with E-state index in [2.05, 4.69) is 9.88 Å². The Morgan fingerprint density at radius 2 is 2.11 bits per heavy atom. The molecule has 0 spiro atoms. The van der Waals surface area contributed by atoms with Crippen LogP contribution >= 0.6 is 0 Å². The summed E-state index contributed by atoms with van der Waals surface area (Å²) in [6.45, 7) is 4.03. The Morgan fingerprint density at radius 1 is 1.42 bits per heavy atom. The van der Waals surface area contributed by atoms with Crippen molar-refractivity contribution < 1.29 is 4.42 Å². The first-order chi connectivity index (χ1) is 8.76. The molecule has 1 aromatic carbocycles. The Kier molecular flexibility index (Phi) is 3.52. The predicted molar refractivity (Wildman–Crippen MR) is 76.1 cm³/mol. The van der Waals surface area contributed by atoms with Crippen molar-refractivity contribution in [3.05, 3.63) is 34.3 Å². The highest BCUT2D eigenvalue weighted by atomic mass is 16.4. The monoisotopic (exact) mass is 263 g/mol. The van der Waals surface area contributed by atoms with E-state index in [4.69, 9.17) is 10.2 Å². The van der Waals surface area contributed by atoms with E-state index in [-0.39, 0.29) is 11.6 Å². The maximum Gasteiger partial charge on any atom is 0.417 e. The number of nitrogens with one attached hydrogen (secondary N) is 1. The van der Waals surface area contributed by atoms with Gasteiger partial charge in [-0.15, -0.1) is 0 Å². The SMILES string of the molecule is CN(C)C(CC(C)(C)N)c1ccc2oc(=O)[nH]c2c1. The molecule has 2 rings (SSSR count). The van der Waals surface area contributed by atoms with Crippen molar-refractivity contribution in [2.45, 2.75) is 31.8 Å². The molecule has 1 atom stereocenters. The minimum Gasteiger partial charge on any atom is -0.408 e. The Morgan fingerprint density at radius 3 is 2.68 bits per heavy atom. The average Bonchev–Trinajstić information content (AvgIpc) is 2.63. The van der Waals surface area contributed by atoms with E-state index in [0.717, 1.165) is 17.5 Å². The van der Waals surface area contributed by atoms with Gasteiger partial charge in [-0.2, -0.15) is 0 Å². The van der Waals surface area contributed by atoms with Crippen molar-refractivity contribution in [3.63, 3.8) is 0 Å². The zero-order valence-electron chi connectivity index (χ0n) is 11.9. The van der Waals surface area contributed by atoms with Gasteiger partial charge in [0.05, 0.1) is 5.52 Å². The summed E-state index contributed by atoms with van der Waals surface area (Å²) in [5.74, 6) is -0.423. The molecular formula is C14H21N3O2. The summed E-state index contributed by atoms with van der Waals surface area (Å²) in [6, 6.07) is 5.96. The van der Waals surface area contributed by atoms with Crippen LogP contribution in [0.25, 0.3) is 11.1 Å². The average molecular weight is 263 g/mol. The number of H-pyrrole nitrogens is 1. The topological polar surface area (TPSA) is 75.3 Å². The summed E-state index contributed by atoms with van der Waals surface area (Å²) in [4.78, 5) is 16.0. The molecular weight excluding hydrogens is 242 g/mol. The molecule has 0 amide bonds. The minimum atomic E-state index is -0.423. The molecule has 0 saturated carbocycles. The van der Waals surface area contributed by atoms with Gasteiger partial charge < -0.3 is 15.1 Å². The maximum absolute atomic E-state index is 11.2. The van der Waals surface area contributed by atoms with Gasteiger partial charge in [-0.05, 0) is 52.1 Å². The third kappa shape index (κ3) is 3.24. The smallest absolute Gasteiger partial charge is 0.408 e. The van der Waals surface area contributed by atoms with Gasteiger partial charge in [0.15, 0.2) is 5.58 Å². The second-order valence-electron chi connectivity index (χ2n) is 5.94. The fourth-order valence-electron chi connectivity index (χ4n) is 2.27. The van der Waals surface area contributed by atoms with Crippen LogP contribution in [0, 0.1) is 0 Å². The number of fused-ring (bicyclic) bond motifs is 1. The van der Waals surface area contributed by atoms with Crippen LogP contribution in [0.3, 0.4) is 0 Å². The zero-order chi connectivity index (χ0) is 14.2. The molecule has 1 aromatic heterocycles. The second kappa shape index (κ2) is 4.83. The first kappa shape index (κ1) is 13.8. The third-order valence-electron chi connectivity index (χ3n) is 3.17. The molecule has 0 bridgehead atoms. The van der Waals surface area contributed by atoms with Crippen molar-refractivity contribution in [2.75, 3.05) is 14.1 Å². The van der Waals surface area contributed by atoms with Crippen LogP contribution in [0.4, 0.5) is 0 Å². The molecule has 0 saturated heterocycles. The summed E-state index contributed by atoms with van der Waals surface area (Å²) in [5, 5.41) is 0. The first-order valence-electron chi connectivity index (χ1n) is 6.34. The summed E-state index contributed by atoms with van der Waals surface area (Å²) in [5.41, 5.74) is 8.30. The first-order valence-corrected chi connectivity index (χ1v) is 6.34. The molecule has 0 fully saturated rings. The van der Waals surface area contributed by atoms with Crippen molar-refractivity contribution in [1.29, 1.82) is 0 Å². The van der Waals surface area contributed by atoms with E-state index >= 15 is 0 Å². The number of nitrogens with zero attached hydrogens (tertiary/aromatic N) is 1. The summed E-state index contributed by atoms with van der Waals surface area (Å²) >= 11 is 0. The Balaban J connectivity index is 2.41. The van der Waals surface area contributed by atoms with Gasteiger partial charge in [0, 0.05) is 11.6 Å². The summed E-state index contributed by atoms with van der Waals surface area (Å²) in [7, 11) is 4.05. The van der Waals surface area contributed by atoms with Gasteiger partial charge in [0.2, 0.25) is 0 Å². The molecule has 5 nitrogen and oxygen atoms in total. The van der Waals surface area contributed by atoms with Crippen molar-refractivity contribution in [2.24, 2.45) is 5.73 Å². The van der Waals surface area contributed by atoms with Gasteiger partial charge in [0.25, 0.3) is 0 Å². The Hall–Kier alpha value is -1.59. The minimum absolute atomic E-state index is 0.197. The van der Waals surface area contributed by atoms with E-state index in [1.54, 1.807) is 0 Å². The van der Waals surface area contributed by atoms with Gasteiger partial charge in [-0.25, -0.2) is 4.79 Å². The van der Waals surface area contributed by atoms with E-state index in [0.29, 0.717) is 5.58 Å². The van der Waals surface area contributed by atoms with E-state index < -0.39 is 5.76 Å². The number of nitrogens with two attached hydrogens (primary N) is 1.